The zero-order chi connectivity index (χ0) is 18.1. The van der Waals surface area contributed by atoms with Gasteiger partial charge in [-0.25, -0.2) is 4.79 Å². The number of carbonyl (C=O) groups excluding carboxylic acids is 1. The number of phenolic OH excluding ortho intramolecular Hbond substituents is 1. The highest BCUT2D eigenvalue weighted by atomic mass is 35.5. The zero-order valence-electron chi connectivity index (χ0n) is 15.5. The van der Waals surface area contributed by atoms with E-state index in [0.717, 1.165) is 41.5 Å². The Labute approximate surface area is 151 Å². The number of phenols is 1. The molecule has 0 unspecified atom stereocenters. The first kappa shape index (κ1) is 20.8. The second-order valence-corrected chi connectivity index (χ2v) is 6.63. The molecule has 0 radical (unpaired) electrons. The summed E-state index contributed by atoms with van der Waals surface area (Å²) in [5, 5.41) is 10.7. The van der Waals surface area contributed by atoms with Gasteiger partial charge < -0.3 is 9.84 Å². The molecule has 1 aromatic rings. The maximum atomic E-state index is 12.3. The Kier molecular flexibility index (Phi) is 9.20. The molecule has 0 atom stereocenters. The van der Waals surface area contributed by atoms with Crippen molar-refractivity contribution in [3.63, 3.8) is 0 Å². The number of benzene rings is 1. The molecule has 0 spiro atoms. The van der Waals surface area contributed by atoms with Crippen molar-refractivity contribution in [1.82, 2.24) is 0 Å². The summed E-state index contributed by atoms with van der Waals surface area (Å²) < 4.78 is 5.14. The molecule has 0 saturated carbocycles. The summed E-state index contributed by atoms with van der Waals surface area (Å²) in [6.45, 7) is 8.15. The third-order valence-corrected chi connectivity index (χ3v) is 4.80. The minimum Gasteiger partial charge on any atom is -0.507 e. The second kappa shape index (κ2) is 10.6. The maximum Gasteiger partial charge on any atom is 0.342 e. The molecule has 24 heavy (non-hydrogen) atoms. The quantitative estimate of drug-likeness (QED) is 0.344. The summed E-state index contributed by atoms with van der Waals surface area (Å²) in [5.74, 6) is 0.137. The van der Waals surface area contributed by atoms with Crippen LogP contribution in [0.15, 0.2) is 0 Å². The lowest BCUT2D eigenvalue weighted by Crippen LogP contribution is -2.12. The van der Waals surface area contributed by atoms with Gasteiger partial charge in [0.15, 0.2) is 0 Å². The molecule has 4 heteroatoms. The summed E-state index contributed by atoms with van der Waals surface area (Å²) >= 11 is 5.95. The first-order chi connectivity index (χ1) is 11.5. The molecule has 0 aliphatic heterocycles. The van der Waals surface area contributed by atoms with Crippen LogP contribution in [0.3, 0.4) is 0 Å². The Hall–Kier alpha value is -1.22. The number of halogens is 1. The SMILES string of the molecule is CCCCCCCc1c(C)c(CCCl)c(C)c(C(=O)OCC)c1O. The van der Waals surface area contributed by atoms with Crippen LogP contribution in [0.2, 0.25) is 0 Å². The van der Waals surface area contributed by atoms with E-state index in [-0.39, 0.29) is 5.75 Å². The fraction of sp³-hybridized carbons (Fsp3) is 0.650. The van der Waals surface area contributed by atoms with Crippen LogP contribution < -0.4 is 0 Å². The van der Waals surface area contributed by atoms with Gasteiger partial charge in [0.05, 0.1) is 6.61 Å². The number of ether oxygens (including phenoxy) is 1. The smallest absolute Gasteiger partial charge is 0.342 e. The Balaban J connectivity index is 3.18. The Bertz CT molecular complexity index is 553. The highest BCUT2D eigenvalue weighted by Crippen LogP contribution is 2.35. The van der Waals surface area contributed by atoms with Gasteiger partial charge in [-0.05, 0) is 62.3 Å². The van der Waals surface area contributed by atoms with E-state index in [4.69, 9.17) is 16.3 Å². The summed E-state index contributed by atoms with van der Waals surface area (Å²) in [7, 11) is 0. The average molecular weight is 355 g/mol. The van der Waals surface area contributed by atoms with Gasteiger partial charge in [-0.3, -0.25) is 0 Å². The molecule has 0 aliphatic rings. The van der Waals surface area contributed by atoms with Gasteiger partial charge in [0.1, 0.15) is 11.3 Å². The average Bonchev–Trinajstić information content (AvgIpc) is 2.54. The second-order valence-electron chi connectivity index (χ2n) is 6.25. The van der Waals surface area contributed by atoms with E-state index >= 15 is 0 Å². The number of unbranched alkanes of at least 4 members (excludes halogenated alkanes) is 4. The number of rotatable bonds is 10. The van der Waals surface area contributed by atoms with Gasteiger partial charge in [0, 0.05) is 5.88 Å². The van der Waals surface area contributed by atoms with E-state index in [1.165, 1.54) is 19.3 Å². The maximum absolute atomic E-state index is 12.3. The third-order valence-electron chi connectivity index (χ3n) is 4.61. The lowest BCUT2D eigenvalue weighted by atomic mass is 9.88. The van der Waals surface area contributed by atoms with E-state index in [1.807, 2.05) is 13.8 Å². The van der Waals surface area contributed by atoms with Crippen LogP contribution in [0.25, 0.3) is 0 Å². The molecule has 0 aromatic heterocycles. The zero-order valence-corrected chi connectivity index (χ0v) is 16.3. The number of carbonyl (C=O) groups is 1. The van der Waals surface area contributed by atoms with E-state index in [1.54, 1.807) is 6.92 Å². The van der Waals surface area contributed by atoms with E-state index in [9.17, 15) is 9.90 Å². The highest BCUT2D eigenvalue weighted by Gasteiger charge is 2.24. The van der Waals surface area contributed by atoms with Gasteiger partial charge in [-0.2, -0.15) is 0 Å². The standard InChI is InChI=1S/C20H31ClO3/c1-5-7-8-9-10-11-17-14(3)16(12-13-21)15(4)18(19(17)22)20(23)24-6-2/h22H,5-13H2,1-4H3. The highest BCUT2D eigenvalue weighted by molar-refractivity contribution is 6.18. The van der Waals surface area contributed by atoms with Crippen LogP contribution >= 0.6 is 11.6 Å². The molecule has 136 valence electrons. The van der Waals surface area contributed by atoms with Crippen LogP contribution in [0.4, 0.5) is 0 Å². The molecule has 0 amide bonds. The van der Waals surface area contributed by atoms with Crippen molar-refractivity contribution in [2.24, 2.45) is 0 Å². The van der Waals surface area contributed by atoms with Crippen LogP contribution in [-0.2, 0) is 17.6 Å². The van der Waals surface area contributed by atoms with Crippen LogP contribution in [0.1, 0.15) is 78.6 Å². The number of hydrogen-bond acceptors (Lipinski definition) is 3. The molecule has 1 rings (SSSR count). The molecule has 0 heterocycles. The first-order valence-corrected chi connectivity index (χ1v) is 9.59. The number of aromatic hydroxyl groups is 1. The minimum atomic E-state index is -0.449. The predicted octanol–water partition coefficient (Wildman–Crippen LogP) is 5.48. The summed E-state index contributed by atoms with van der Waals surface area (Å²) in [6, 6.07) is 0. The molecule has 1 N–H and O–H groups in total. The summed E-state index contributed by atoms with van der Waals surface area (Å²) in [5.41, 5.74) is 4.11. The first-order valence-electron chi connectivity index (χ1n) is 9.06. The summed E-state index contributed by atoms with van der Waals surface area (Å²) in [4.78, 5) is 12.3. The van der Waals surface area contributed by atoms with Gasteiger partial charge in [-0.15, -0.1) is 11.6 Å². The largest absolute Gasteiger partial charge is 0.507 e. The van der Waals surface area contributed by atoms with Crippen molar-refractivity contribution in [2.75, 3.05) is 12.5 Å². The van der Waals surface area contributed by atoms with Crippen LogP contribution in [-0.4, -0.2) is 23.6 Å². The predicted molar refractivity (Wildman–Crippen MR) is 100 cm³/mol. The Morgan fingerprint density at radius 1 is 1.00 bits per heavy atom. The van der Waals surface area contributed by atoms with Gasteiger partial charge in [-0.1, -0.05) is 32.6 Å². The lowest BCUT2D eigenvalue weighted by Gasteiger charge is -2.20. The molecular weight excluding hydrogens is 324 g/mol. The number of hydrogen-bond donors (Lipinski definition) is 1. The number of alkyl halides is 1. The van der Waals surface area contributed by atoms with Gasteiger partial charge in [0.25, 0.3) is 0 Å². The molecule has 0 saturated heterocycles. The van der Waals surface area contributed by atoms with Crippen molar-refractivity contribution in [1.29, 1.82) is 0 Å². The summed E-state index contributed by atoms with van der Waals surface area (Å²) in [6.07, 6.45) is 7.28. The van der Waals surface area contributed by atoms with E-state index in [2.05, 4.69) is 6.92 Å². The fourth-order valence-electron chi connectivity index (χ4n) is 3.25. The molecule has 0 aliphatic carbocycles. The van der Waals surface area contributed by atoms with Crippen molar-refractivity contribution in [3.05, 3.63) is 27.8 Å². The van der Waals surface area contributed by atoms with Gasteiger partial charge >= 0.3 is 5.97 Å². The Morgan fingerprint density at radius 3 is 2.25 bits per heavy atom. The third kappa shape index (κ3) is 5.14. The molecule has 0 fully saturated rings. The minimum absolute atomic E-state index is 0.0947. The molecule has 1 aromatic carbocycles. The normalized spacial score (nSPS) is 10.9. The van der Waals surface area contributed by atoms with E-state index < -0.39 is 5.97 Å². The monoisotopic (exact) mass is 354 g/mol. The fourth-order valence-corrected chi connectivity index (χ4v) is 3.44. The van der Waals surface area contributed by atoms with Crippen molar-refractivity contribution < 1.29 is 14.6 Å². The van der Waals surface area contributed by atoms with Crippen LogP contribution in [0.5, 0.6) is 5.75 Å². The Morgan fingerprint density at radius 2 is 1.67 bits per heavy atom. The topological polar surface area (TPSA) is 46.5 Å². The molecular formula is C20H31ClO3. The lowest BCUT2D eigenvalue weighted by molar-refractivity contribution is 0.0522. The number of esters is 1. The van der Waals surface area contributed by atoms with Crippen LogP contribution in [0, 0.1) is 13.8 Å². The van der Waals surface area contributed by atoms with E-state index in [0.29, 0.717) is 24.5 Å². The van der Waals surface area contributed by atoms with Crippen molar-refractivity contribution in [3.8, 4) is 5.75 Å². The van der Waals surface area contributed by atoms with Crippen molar-refractivity contribution >= 4 is 17.6 Å². The molecule has 3 nitrogen and oxygen atoms in total. The van der Waals surface area contributed by atoms with Gasteiger partial charge in [0.2, 0.25) is 0 Å². The van der Waals surface area contributed by atoms with Crippen molar-refractivity contribution in [2.45, 2.75) is 72.6 Å². The molecule has 0 bridgehead atoms.